The van der Waals surface area contributed by atoms with Crippen LogP contribution in [-0.2, 0) is 11.2 Å². The molecular weight excluding hydrogens is 338 g/mol. The molecule has 130 valence electrons. The van der Waals surface area contributed by atoms with Gasteiger partial charge >= 0.3 is 0 Å². The number of hydrogen-bond acceptors (Lipinski definition) is 7. The fraction of sp³-hybridized carbons (Fsp3) is 0.235. The normalized spacial score (nSPS) is 14.7. The van der Waals surface area contributed by atoms with Crippen molar-refractivity contribution in [3.05, 3.63) is 48.6 Å². The van der Waals surface area contributed by atoms with Crippen molar-refractivity contribution in [3.63, 3.8) is 0 Å². The topological polar surface area (TPSA) is 105 Å². The predicted octanol–water partition coefficient (Wildman–Crippen LogP) is 1.27. The van der Waals surface area contributed by atoms with Crippen molar-refractivity contribution in [1.82, 2.24) is 15.3 Å². The number of hydrogen-bond donors (Lipinski definition) is 3. The first-order valence-electron chi connectivity index (χ1n) is 7.90. The Kier molecular flexibility index (Phi) is 5.99. The summed E-state index contributed by atoms with van der Waals surface area (Å²) in [7, 11) is 0. The lowest BCUT2D eigenvalue weighted by atomic mass is 10.2. The first-order valence-corrected chi connectivity index (χ1v) is 9.38. The Bertz CT molecular complexity index is 822. The van der Waals surface area contributed by atoms with Gasteiger partial charge in [-0.1, -0.05) is 12.1 Å². The average Bonchev–Trinajstić information content (AvgIpc) is 2.91. The predicted molar refractivity (Wildman–Crippen MR) is 102 cm³/mol. The molecule has 1 aliphatic rings. The van der Waals surface area contributed by atoms with Gasteiger partial charge in [0.05, 0.1) is 24.4 Å². The van der Waals surface area contributed by atoms with E-state index in [2.05, 4.69) is 25.6 Å². The van der Waals surface area contributed by atoms with Gasteiger partial charge in [0.1, 0.15) is 17.3 Å². The highest BCUT2D eigenvalue weighted by atomic mass is 32.2. The van der Waals surface area contributed by atoms with Crippen molar-refractivity contribution < 1.29 is 9.66 Å². The third kappa shape index (κ3) is 4.56. The number of rotatable bonds is 7. The van der Waals surface area contributed by atoms with Gasteiger partial charge in [0, 0.05) is 24.0 Å². The molecule has 0 bridgehead atoms. The summed E-state index contributed by atoms with van der Waals surface area (Å²) in [6.07, 6.45) is 6.86. The molecule has 0 amide bonds. The van der Waals surface area contributed by atoms with Gasteiger partial charge in [-0.2, -0.15) is 0 Å². The molecule has 25 heavy (non-hydrogen) atoms. The van der Waals surface area contributed by atoms with Gasteiger partial charge in [0.2, 0.25) is 0 Å². The molecule has 2 heterocycles. The van der Waals surface area contributed by atoms with E-state index in [0.717, 1.165) is 16.6 Å². The van der Waals surface area contributed by atoms with Crippen LogP contribution in [0.3, 0.4) is 0 Å². The molecule has 1 aromatic heterocycles. The zero-order chi connectivity index (χ0) is 17.5. The maximum absolute atomic E-state index is 11.7. The van der Waals surface area contributed by atoms with Crippen LogP contribution in [0.25, 0.3) is 16.6 Å². The number of para-hydroxylation sites is 1. The molecule has 3 rings (SSSR count). The Morgan fingerprint density at radius 2 is 2.08 bits per heavy atom. The fourth-order valence-electron chi connectivity index (χ4n) is 2.34. The van der Waals surface area contributed by atoms with E-state index in [0.29, 0.717) is 29.7 Å². The SMILES string of the molecule is [O-][S+](CCO)CCNc1nc(C2=CC=NC=CN2)nc2ccccc12. The molecule has 1 atom stereocenters. The summed E-state index contributed by atoms with van der Waals surface area (Å²) in [5.41, 5.74) is 1.56. The summed E-state index contributed by atoms with van der Waals surface area (Å²) in [4.78, 5) is 13.3. The highest BCUT2D eigenvalue weighted by Crippen LogP contribution is 2.22. The van der Waals surface area contributed by atoms with Crippen LogP contribution in [-0.4, -0.2) is 50.5 Å². The third-order valence-corrected chi connectivity index (χ3v) is 4.81. The van der Waals surface area contributed by atoms with E-state index in [1.807, 2.05) is 30.3 Å². The highest BCUT2D eigenvalue weighted by Gasteiger charge is 2.12. The molecule has 0 aliphatic carbocycles. The molecule has 8 heteroatoms. The van der Waals surface area contributed by atoms with Gasteiger partial charge in [0.25, 0.3) is 0 Å². The summed E-state index contributed by atoms with van der Waals surface area (Å²) >= 11 is -1.05. The van der Waals surface area contributed by atoms with E-state index in [4.69, 9.17) is 5.11 Å². The van der Waals surface area contributed by atoms with Crippen LogP contribution >= 0.6 is 0 Å². The molecule has 0 saturated carbocycles. The van der Waals surface area contributed by atoms with Gasteiger partial charge in [-0.3, -0.25) is 4.99 Å². The van der Waals surface area contributed by atoms with E-state index in [9.17, 15) is 4.55 Å². The van der Waals surface area contributed by atoms with E-state index < -0.39 is 11.2 Å². The molecule has 0 radical (unpaired) electrons. The smallest absolute Gasteiger partial charge is 0.178 e. The van der Waals surface area contributed by atoms with E-state index in [1.54, 1.807) is 18.6 Å². The largest absolute Gasteiger partial charge is 0.616 e. The second-order valence-corrected chi connectivity index (χ2v) is 6.95. The maximum Gasteiger partial charge on any atom is 0.178 e. The number of aliphatic imine (C=N–C) groups is 1. The first kappa shape index (κ1) is 17.4. The Morgan fingerprint density at radius 3 is 2.96 bits per heavy atom. The standard InChI is InChI=1S/C17H19N5O2S/c23-10-12-25(24)11-9-20-16-13-3-1-2-4-14(13)21-17(22-16)15-5-6-18-7-8-19-15/h1-8,19,23H,9-12H2,(H,20,21,22). The molecule has 7 nitrogen and oxygen atoms in total. The van der Waals surface area contributed by atoms with E-state index in [-0.39, 0.29) is 6.61 Å². The number of fused-ring (bicyclic) bond motifs is 1. The summed E-state index contributed by atoms with van der Waals surface area (Å²) in [6, 6.07) is 7.73. The van der Waals surface area contributed by atoms with Gasteiger partial charge in [-0.05, 0) is 29.4 Å². The molecule has 1 unspecified atom stereocenters. The summed E-state index contributed by atoms with van der Waals surface area (Å²) in [5.74, 6) is 1.98. The minimum atomic E-state index is -1.05. The van der Waals surface area contributed by atoms with Crippen LogP contribution in [0.5, 0.6) is 0 Å². The summed E-state index contributed by atoms with van der Waals surface area (Å²) < 4.78 is 11.7. The zero-order valence-corrected chi connectivity index (χ0v) is 14.4. The first-order chi connectivity index (χ1) is 12.3. The Labute approximate surface area is 148 Å². The van der Waals surface area contributed by atoms with Crippen LogP contribution in [0.4, 0.5) is 5.82 Å². The quantitative estimate of drug-likeness (QED) is 0.645. The zero-order valence-electron chi connectivity index (χ0n) is 13.6. The van der Waals surface area contributed by atoms with Gasteiger partial charge < -0.3 is 20.3 Å². The second kappa shape index (κ2) is 8.61. The van der Waals surface area contributed by atoms with Crippen LogP contribution in [0.2, 0.25) is 0 Å². The maximum atomic E-state index is 11.7. The number of nitrogens with zero attached hydrogens (tertiary/aromatic N) is 3. The van der Waals surface area contributed by atoms with Gasteiger partial charge in [-0.25, -0.2) is 9.97 Å². The lowest BCUT2D eigenvalue weighted by molar-refractivity contribution is 0.319. The lowest BCUT2D eigenvalue weighted by Gasteiger charge is -2.13. The van der Waals surface area contributed by atoms with Crippen LogP contribution < -0.4 is 10.6 Å². The Balaban J connectivity index is 1.86. The Morgan fingerprint density at radius 1 is 1.20 bits per heavy atom. The molecule has 1 aliphatic heterocycles. The van der Waals surface area contributed by atoms with Crippen molar-refractivity contribution in [2.45, 2.75) is 0 Å². The second-order valence-electron chi connectivity index (χ2n) is 5.25. The van der Waals surface area contributed by atoms with Crippen molar-refractivity contribution in [2.24, 2.45) is 4.99 Å². The molecular formula is C17H19N5O2S. The monoisotopic (exact) mass is 357 g/mol. The number of aliphatic hydroxyl groups excluding tert-OH is 1. The summed E-state index contributed by atoms with van der Waals surface area (Å²) in [6.45, 7) is 0.434. The van der Waals surface area contributed by atoms with Crippen LogP contribution in [0.15, 0.2) is 47.7 Å². The number of nitrogens with one attached hydrogen (secondary N) is 2. The minimum absolute atomic E-state index is 0.0674. The van der Waals surface area contributed by atoms with Gasteiger partial charge in [0.15, 0.2) is 5.82 Å². The molecule has 2 aromatic rings. The molecule has 3 N–H and O–H groups in total. The van der Waals surface area contributed by atoms with Crippen LogP contribution in [0, 0.1) is 0 Å². The number of allylic oxidation sites excluding steroid dienone is 1. The van der Waals surface area contributed by atoms with Crippen molar-refractivity contribution in [2.75, 3.05) is 30.0 Å². The van der Waals surface area contributed by atoms with Crippen molar-refractivity contribution in [1.29, 1.82) is 0 Å². The highest BCUT2D eigenvalue weighted by molar-refractivity contribution is 7.91. The number of aliphatic hydroxyl groups is 1. The lowest BCUT2D eigenvalue weighted by Crippen LogP contribution is -2.21. The number of anilines is 1. The molecule has 1 aromatic carbocycles. The fourth-order valence-corrected chi connectivity index (χ4v) is 3.08. The molecule has 0 saturated heterocycles. The van der Waals surface area contributed by atoms with E-state index in [1.165, 1.54) is 0 Å². The summed E-state index contributed by atoms with van der Waals surface area (Å²) in [5, 5.41) is 16.1. The molecule has 0 fully saturated rings. The number of aromatic nitrogens is 2. The van der Waals surface area contributed by atoms with Crippen molar-refractivity contribution in [3.8, 4) is 0 Å². The molecule has 0 spiro atoms. The minimum Gasteiger partial charge on any atom is -0.616 e. The van der Waals surface area contributed by atoms with Crippen LogP contribution in [0.1, 0.15) is 5.82 Å². The third-order valence-electron chi connectivity index (χ3n) is 3.51. The van der Waals surface area contributed by atoms with E-state index >= 15 is 0 Å². The number of benzene rings is 1. The Hall–Kier alpha value is -2.42. The van der Waals surface area contributed by atoms with Crippen molar-refractivity contribution >= 4 is 39.8 Å². The van der Waals surface area contributed by atoms with Gasteiger partial charge in [-0.15, -0.1) is 0 Å². The average molecular weight is 357 g/mol.